The molecule has 0 atom stereocenters. The van der Waals surface area contributed by atoms with Crippen molar-refractivity contribution >= 4 is 15.7 Å². The van der Waals surface area contributed by atoms with Crippen LogP contribution in [-0.4, -0.2) is 45.5 Å². The van der Waals surface area contributed by atoms with Gasteiger partial charge in [0.15, 0.2) is 5.03 Å². The molecule has 0 aliphatic carbocycles. The van der Waals surface area contributed by atoms with Gasteiger partial charge in [0.2, 0.25) is 0 Å². The third kappa shape index (κ3) is 3.76. The largest absolute Gasteiger partial charge is 0.397 e. The molecule has 0 spiro atoms. The van der Waals surface area contributed by atoms with Crippen LogP contribution in [0.5, 0.6) is 0 Å². The van der Waals surface area contributed by atoms with Crippen molar-refractivity contribution in [2.45, 2.75) is 5.03 Å². The van der Waals surface area contributed by atoms with Crippen molar-refractivity contribution in [1.29, 1.82) is 0 Å². The molecule has 0 saturated carbocycles. The van der Waals surface area contributed by atoms with E-state index in [1.54, 1.807) is 0 Å². The molecule has 1 aromatic heterocycles. The number of likely N-dealkylation sites (N-methyl/N-ethyl adjacent to an activating group) is 1. The van der Waals surface area contributed by atoms with Gasteiger partial charge in [-0.25, -0.2) is 18.1 Å². The first-order chi connectivity index (χ1) is 7.42. The highest BCUT2D eigenvalue weighted by molar-refractivity contribution is 7.89. The number of anilines is 1. The monoisotopic (exact) mass is 244 g/mol. The van der Waals surface area contributed by atoms with Gasteiger partial charge in [0.05, 0.1) is 11.9 Å². The molecule has 0 aliphatic heterocycles. The molecule has 16 heavy (non-hydrogen) atoms. The minimum absolute atomic E-state index is 0.0135. The average molecular weight is 244 g/mol. The van der Waals surface area contributed by atoms with Crippen LogP contribution in [0.1, 0.15) is 0 Å². The number of hydrogen-bond acceptors (Lipinski definition) is 5. The normalized spacial score (nSPS) is 11.9. The molecule has 1 rings (SSSR count). The fourth-order valence-electron chi connectivity index (χ4n) is 1.03. The number of sulfonamides is 1. The highest BCUT2D eigenvalue weighted by Gasteiger charge is 2.14. The van der Waals surface area contributed by atoms with E-state index in [1.807, 2.05) is 19.0 Å². The zero-order valence-corrected chi connectivity index (χ0v) is 10.2. The fraction of sp³-hybridized carbons (Fsp3) is 0.444. The molecular weight excluding hydrogens is 228 g/mol. The minimum Gasteiger partial charge on any atom is -0.397 e. The number of nitrogens with zero attached hydrogens (tertiary/aromatic N) is 2. The van der Waals surface area contributed by atoms with Crippen molar-refractivity contribution in [1.82, 2.24) is 14.6 Å². The summed E-state index contributed by atoms with van der Waals surface area (Å²) in [7, 11) is 0.226. The molecule has 6 nitrogen and oxygen atoms in total. The maximum absolute atomic E-state index is 11.7. The van der Waals surface area contributed by atoms with E-state index in [4.69, 9.17) is 5.73 Å². The van der Waals surface area contributed by atoms with Crippen LogP contribution >= 0.6 is 0 Å². The highest BCUT2D eigenvalue weighted by atomic mass is 32.2. The lowest BCUT2D eigenvalue weighted by atomic mass is 10.4. The summed E-state index contributed by atoms with van der Waals surface area (Å²) < 4.78 is 25.8. The van der Waals surface area contributed by atoms with Crippen molar-refractivity contribution in [3.05, 3.63) is 18.3 Å². The predicted molar refractivity (Wildman–Crippen MR) is 62.4 cm³/mol. The molecule has 0 unspecified atom stereocenters. The van der Waals surface area contributed by atoms with Crippen LogP contribution in [0.3, 0.4) is 0 Å². The molecule has 0 fully saturated rings. The van der Waals surface area contributed by atoms with E-state index in [0.717, 1.165) is 0 Å². The lowest BCUT2D eigenvalue weighted by Crippen LogP contribution is -2.31. The van der Waals surface area contributed by atoms with Gasteiger partial charge in [0, 0.05) is 13.1 Å². The fourth-order valence-corrected chi connectivity index (χ4v) is 1.97. The van der Waals surface area contributed by atoms with E-state index in [1.165, 1.54) is 18.3 Å². The Hall–Kier alpha value is -1.18. The molecule has 0 amide bonds. The summed E-state index contributed by atoms with van der Waals surface area (Å²) in [6, 6.07) is 2.89. The summed E-state index contributed by atoms with van der Waals surface area (Å²) in [5, 5.41) is -0.0135. The van der Waals surface area contributed by atoms with Gasteiger partial charge in [-0.05, 0) is 26.2 Å². The van der Waals surface area contributed by atoms with Gasteiger partial charge in [-0.3, -0.25) is 0 Å². The van der Waals surface area contributed by atoms with E-state index in [2.05, 4.69) is 9.71 Å². The Morgan fingerprint density at radius 2 is 2.12 bits per heavy atom. The standard InChI is InChI=1S/C9H16N4O2S/c1-13(2)6-5-12-16(14,15)9-4-3-8(10)7-11-9/h3-4,7,12H,5-6,10H2,1-2H3. The molecule has 0 aliphatic rings. The SMILES string of the molecule is CN(C)CCNS(=O)(=O)c1ccc(N)cn1. The van der Waals surface area contributed by atoms with Crippen molar-refractivity contribution in [3.63, 3.8) is 0 Å². The van der Waals surface area contributed by atoms with Gasteiger partial charge < -0.3 is 10.6 Å². The Bertz CT molecular complexity index is 427. The number of rotatable bonds is 5. The van der Waals surface area contributed by atoms with E-state index in [0.29, 0.717) is 18.8 Å². The van der Waals surface area contributed by atoms with Crippen molar-refractivity contribution in [2.24, 2.45) is 0 Å². The molecule has 90 valence electrons. The lowest BCUT2D eigenvalue weighted by Gasteiger charge is -2.10. The highest BCUT2D eigenvalue weighted by Crippen LogP contribution is 2.06. The zero-order valence-electron chi connectivity index (χ0n) is 9.34. The van der Waals surface area contributed by atoms with Crippen molar-refractivity contribution in [3.8, 4) is 0 Å². The van der Waals surface area contributed by atoms with Gasteiger partial charge in [-0.15, -0.1) is 0 Å². The number of hydrogen-bond donors (Lipinski definition) is 2. The second kappa shape index (κ2) is 5.24. The van der Waals surface area contributed by atoms with E-state index in [-0.39, 0.29) is 5.03 Å². The van der Waals surface area contributed by atoms with Crippen molar-refractivity contribution in [2.75, 3.05) is 32.9 Å². The van der Waals surface area contributed by atoms with Crippen LogP contribution in [0.4, 0.5) is 5.69 Å². The van der Waals surface area contributed by atoms with E-state index in [9.17, 15) is 8.42 Å². The lowest BCUT2D eigenvalue weighted by molar-refractivity contribution is 0.412. The van der Waals surface area contributed by atoms with Gasteiger partial charge >= 0.3 is 0 Å². The zero-order chi connectivity index (χ0) is 12.2. The van der Waals surface area contributed by atoms with Crippen LogP contribution < -0.4 is 10.5 Å². The number of aromatic nitrogens is 1. The van der Waals surface area contributed by atoms with Gasteiger partial charge in [-0.2, -0.15) is 0 Å². The Labute approximate surface area is 95.5 Å². The van der Waals surface area contributed by atoms with Crippen LogP contribution in [-0.2, 0) is 10.0 Å². The second-order valence-corrected chi connectivity index (χ2v) is 5.34. The number of nitrogens with one attached hydrogen (secondary N) is 1. The topological polar surface area (TPSA) is 88.3 Å². The number of nitrogen functional groups attached to an aromatic ring is 1. The first-order valence-corrected chi connectivity index (χ1v) is 6.26. The maximum atomic E-state index is 11.7. The van der Waals surface area contributed by atoms with Crippen LogP contribution in [0, 0.1) is 0 Å². The smallest absolute Gasteiger partial charge is 0.258 e. The third-order valence-electron chi connectivity index (χ3n) is 1.89. The van der Waals surface area contributed by atoms with Crippen LogP contribution in [0.15, 0.2) is 23.4 Å². The summed E-state index contributed by atoms with van der Waals surface area (Å²) >= 11 is 0. The summed E-state index contributed by atoms with van der Waals surface area (Å²) in [5.74, 6) is 0. The Morgan fingerprint density at radius 3 is 2.62 bits per heavy atom. The number of nitrogens with two attached hydrogens (primary N) is 1. The molecule has 0 aromatic carbocycles. The Morgan fingerprint density at radius 1 is 1.44 bits per heavy atom. The Kier molecular flexibility index (Phi) is 4.22. The third-order valence-corrected chi connectivity index (χ3v) is 3.26. The van der Waals surface area contributed by atoms with Crippen LogP contribution in [0.25, 0.3) is 0 Å². The Balaban J connectivity index is 2.67. The molecule has 3 N–H and O–H groups in total. The van der Waals surface area contributed by atoms with E-state index >= 15 is 0 Å². The maximum Gasteiger partial charge on any atom is 0.258 e. The molecule has 1 heterocycles. The molecule has 1 aromatic rings. The molecule has 0 saturated heterocycles. The summed E-state index contributed by atoms with van der Waals surface area (Å²) in [5.41, 5.74) is 5.86. The average Bonchev–Trinajstić information content (AvgIpc) is 2.17. The predicted octanol–water partition coefficient (Wildman–Crippen LogP) is -0.496. The number of pyridine rings is 1. The van der Waals surface area contributed by atoms with E-state index < -0.39 is 10.0 Å². The molecule has 0 bridgehead atoms. The first-order valence-electron chi connectivity index (χ1n) is 4.78. The second-order valence-electron chi connectivity index (χ2n) is 3.63. The summed E-state index contributed by atoms with van der Waals surface area (Å²) in [4.78, 5) is 5.65. The van der Waals surface area contributed by atoms with Crippen molar-refractivity contribution < 1.29 is 8.42 Å². The minimum atomic E-state index is -3.52. The van der Waals surface area contributed by atoms with Gasteiger partial charge in [0.1, 0.15) is 0 Å². The molecular formula is C9H16N4O2S. The molecule has 7 heteroatoms. The van der Waals surface area contributed by atoms with Crippen LogP contribution in [0.2, 0.25) is 0 Å². The van der Waals surface area contributed by atoms with Gasteiger partial charge in [0.25, 0.3) is 10.0 Å². The summed E-state index contributed by atoms with van der Waals surface area (Å²) in [6.07, 6.45) is 1.32. The first kappa shape index (κ1) is 12.9. The quantitative estimate of drug-likeness (QED) is 0.729. The van der Waals surface area contributed by atoms with Gasteiger partial charge in [-0.1, -0.05) is 0 Å². The summed E-state index contributed by atoms with van der Waals surface area (Å²) in [6.45, 7) is 0.982. The molecule has 0 radical (unpaired) electrons.